The highest BCUT2D eigenvalue weighted by Crippen LogP contribution is 2.29. The highest BCUT2D eigenvalue weighted by atomic mass is 14.1. The Kier molecular flexibility index (Phi) is 11.1. The lowest BCUT2D eigenvalue weighted by atomic mass is 9.90. The molecule has 0 aliphatic rings. The SMILES string of the molecule is C=C(/C(C)=C/c1ccccc1C(C)CC)c1ccccc1/C=C\C.CCC(C)C. The van der Waals surface area contributed by atoms with E-state index >= 15 is 0 Å². The molecule has 0 spiro atoms. The lowest BCUT2D eigenvalue weighted by Crippen LogP contribution is -1.95. The highest BCUT2D eigenvalue weighted by molar-refractivity contribution is 5.86. The van der Waals surface area contributed by atoms with Crippen molar-refractivity contribution < 1.29 is 0 Å². The molecule has 0 aliphatic carbocycles. The third-order valence-electron chi connectivity index (χ3n) is 5.44. The summed E-state index contributed by atoms with van der Waals surface area (Å²) >= 11 is 0. The van der Waals surface area contributed by atoms with Gasteiger partial charge in [0.25, 0.3) is 0 Å². The summed E-state index contributed by atoms with van der Waals surface area (Å²) in [6, 6.07) is 17.1. The van der Waals surface area contributed by atoms with Crippen molar-refractivity contribution in [1.29, 1.82) is 0 Å². The van der Waals surface area contributed by atoms with Crippen molar-refractivity contribution in [3.63, 3.8) is 0 Å². The van der Waals surface area contributed by atoms with Crippen molar-refractivity contribution >= 4 is 17.7 Å². The van der Waals surface area contributed by atoms with Crippen LogP contribution in [0.2, 0.25) is 0 Å². The molecule has 156 valence electrons. The van der Waals surface area contributed by atoms with Crippen molar-refractivity contribution in [2.75, 3.05) is 0 Å². The van der Waals surface area contributed by atoms with Gasteiger partial charge in [0.2, 0.25) is 0 Å². The Morgan fingerprint density at radius 1 is 0.897 bits per heavy atom. The van der Waals surface area contributed by atoms with Gasteiger partial charge in [0.1, 0.15) is 0 Å². The van der Waals surface area contributed by atoms with E-state index in [0.717, 1.165) is 17.9 Å². The van der Waals surface area contributed by atoms with E-state index in [-0.39, 0.29) is 0 Å². The van der Waals surface area contributed by atoms with Crippen LogP contribution >= 0.6 is 0 Å². The Morgan fingerprint density at radius 3 is 2.00 bits per heavy atom. The van der Waals surface area contributed by atoms with Crippen LogP contribution in [-0.2, 0) is 0 Å². The highest BCUT2D eigenvalue weighted by Gasteiger charge is 2.09. The molecule has 0 N–H and O–H groups in total. The van der Waals surface area contributed by atoms with E-state index in [1.807, 2.05) is 6.92 Å². The zero-order valence-corrected chi connectivity index (χ0v) is 19.6. The van der Waals surface area contributed by atoms with Crippen molar-refractivity contribution in [2.24, 2.45) is 5.92 Å². The minimum absolute atomic E-state index is 0.564. The van der Waals surface area contributed by atoms with Gasteiger partial charge in [-0.05, 0) is 65.5 Å². The fourth-order valence-electron chi connectivity index (χ4n) is 2.94. The Balaban J connectivity index is 0.000000749. The molecule has 0 bridgehead atoms. The summed E-state index contributed by atoms with van der Waals surface area (Å²) in [7, 11) is 0. The van der Waals surface area contributed by atoms with Crippen LogP contribution in [0.15, 0.2) is 66.8 Å². The van der Waals surface area contributed by atoms with Gasteiger partial charge in [-0.3, -0.25) is 0 Å². The van der Waals surface area contributed by atoms with E-state index in [0.29, 0.717) is 5.92 Å². The standard InChI is InChI=1S/C24H28.C5H12/c1-6-12-21-13-8-11-16-24(21)20(5)19(4)17-22-14-9-10-15-23(22)18(3)7-2;1-4-5(2)3/h6,8-18H,5,7H2,1-4H3;5H,4H2,1-3H3/b12-6-,19-17+;. The minimum Gasteiger partial charge on any atom is -0.0909 e. The van der Waals surface area contributed by atoms with Crippen LogP contribution in [0.5, 0.6) is 0 Å². The molecule has 0 heteroatoms. The van der Waals surface area contributed by atoms with Crippen LogP contribution in [0.25, 0.3) is 17.7 Å². The molecule has 0 radical (unpaired) electrons. The number of hydrogen-bond acceptors (Lipinski definition) is 0. The van der Waals surface area contributed by atoms with E-state index in [1.165, 1.54) is 34.2 Å². The van der Waals surface area contributed by atoms with Gasteiger partial charge in [0.05, 0.1) is 0 Å². The van der Waals surface area contributed by atoms with Gasteiger partial charge in [-0.25, -0.2) is 0 Å². The summed E-state index contributed by atoms with van der Waals surface area (Å²) in [6.45, 7) is 19.7. The van der Waals surface area contributed by atoms with E-state index < -0.39 is 0 Å². The van der Waals surface area contributed by atoms with E-state index in [4.69, 9.17) is 0 Å². The molecule has 0 saturated heterocycles. The molecule has 0 aromatic heterocycles. The second-order valence-corrected chi connectivity index (χ2v) is 8.13. The second-order valence-electron chi connectivity index (χ2n) is 8.13. The first kappa shape index (κ1) is 24.7. The van der Waals surface area contributed by atoms with Crippen LogP contribution in [0.1, 0.15) is 89.5 Å². The normalized spacial score (nSPS) is 12.6. The van der Waals surface area contributed by atoms with Crippen LogP contribution in [0, 0.1) is 5.92 Å². The topological polar surface area (TPSA) is 0 Å². The predicted molar refractivity (Wildman–Crippen MR) is 134 cm³/mol. The monoisotopic (exact) mass is 388 g/mol. The van der Waals surface area contributed by atoms with Gasteiger partial charge in [-0.1, -0.05) is 114 Å². The van der Waals surface area contributed by atoms with Crippen LogP contribution in [0.4, 0.5) is 0 Å². The molecular formula is C29H40. The molecule has 0 aliphatic heterocycles. The van der Waals surface area contributed by atoms with Crippen molar-refractivity contribution in [3.05, 3.63) is 89.0 Å². The molecule has 0 fully saturated rings. The summed E-state index contributed by atoms with van der Waals surface area (Å²) in [4.78, 5) is 0. The molecule has 2 aromatic carbocycles. The average molecular weight is 389 g/mol. The van der Waals surface area contributed by atoms with E-state index in [2.05, 4.69) is 115 Å². The maximum atomic E-state index is 4.36. The molecule has 29 heavy (non-hydrogen) atoms. The zero-order chi connectivity index (χ0) is 21.8. The summed E-state index contributed by atoms with van der Waals surface area (Å²) < 4.78 is 0. The quantitative estimate of drug-likeness (QED) is 0.414. The fourth-order valence-corrected chi connectivity index (χ4v) is 2.94. The molecule has 0 amide bonds. The lowest BCUT2D eigenvalue weighted by Gasteiger charge is -2.15. The third kappa shape index (κ3) is 7.89. The Labute approximate surface area is 180 Å². The van der Waals surface area contributed by atoms with Gasteiger partial charge < -0.3 is 0 Å². The molecule has 1 atom stereocenters. The second kappa shape index (κ2) is 13.0. The van der Waals surface area contributed by atoms with Gasteiger partial charge in [-0.2, -0.15) is 0 Å². The minimum atomic E-state index is 0.564. The predicted octanol–water partition coefficient (Wildman–Crippen LogP) is 9.40. The maximum Gasteiger partial charge on any atom is -0.0115 e. The molecule has 0 heterocycles. The van der Waals surface area contributed by atoms with Crippen LogP contribution in [-0.4, -0.2) is 0 Å². The molecule has 2 aromatic rings. The molecule has 1 unspecified atom stereocenters. The third-order valence-corrected chi connectivity index (χ3v) is 5.44. The summed E-state index contributed by atoms with van der Waals surface area (Å²) in [5, 5.41) is 0. The first-order valence-corrected chi connectivity index (χ1v) is 11.0. The van der Waals surface area contributed by atoms with Crippen molar-refractivity contribution in [3.8, 4) is 0 Å². The lowest BCUT2D eigenvalue weighted by molar-refractivity contribution is 0.626. The number of allylic oxidation sites excluding steroid dienone is 3. The Morgan fingerprint density at radius 2 is 1.45 bits per heavy atom. The van der Waals surface area contributed by atoms with Gasteiger partial charge in [0, 0.05) is 0 Å². The van der Waals surface area contributed by atoms with E-state index in [1.54, 1.807) is 0 Å². The summed E-state index contributed by atoms with van der Waals surface area (Å²) in [5.74, 6) is 1.45. The number of benzene rings is 2. The Hall–Kier alpha value is -2.34. The largest absolute Gasteiger partial charge is 0.0909 e. The van der Waals surface area contributed by atoms with Crippen molar-refractivity contribution in [2.45, 2.75) is 67.2 Å². The van der Waals surface area contributed by atoms with Crippen LogP contribution < -0.4 is 0 Å². The van der Waals surface area contributed by atoms with Crippen molar-refractivity contribution in [1.82, 2.24) is 0 Å². The van der Waals surface area contributed by atoms with Gasteiger partial charge in [-0.15, -0.1) is 0 Å². The average Bonchev–Trinajstić information content (AvgIpc) is 2.74. The molecule has 2 rings (SSSR count). The number of hydrogen-bond donors (Lipinski definition) is 0. The molecule has 0 saturated carbocycles. The maximum absolute atomic E-state index is 4.36. The Bertz CT molecular complexity index is 817. The smallest absolute Gasteiger partial charge is 0.0115 e. The summed E-state index contributed by atoms with van der Waals surface area (Å²) in [5.41, 5.74) is 7.42. The first-order chi connectivity index (χ1) is 13.8. The van der Waals surface area contributed by atoms with Gasteiger partial charge in [0.15, 0.2) is 0 Å². The van der Waals surface area contributed by atoms with Crippen LogP contribution in [0.3, 0.4) is 0 Å². The van der Waals surface area contributed by atoms with Gasteiger partial charge >= 0.3 is 0 Å². The fraction of sp³-hybridized carbons (Fsp3) is 0.379. The summed E-state index contributed by atoms with van der Waals surface area (Å²) in [6.07, 6.45) is 8.94. The molecule has 0 nitrogen and oxygen atoms in total. The number of rotatable bonds is 7. The first-order valence-electron chi connectivity index (χ1n) is 11.0. The van der Waals surface area contributed by atoms with E-state index in [9.17, 15) is 0 Å². The molecular weight excluding hydrogens is 348 g/mol. The zero-order valence-electron chi connectivity index (χ0n) is 19.6.